The minimum absolute atomic E-state index is 0.191. The fraction of sp³-hybridized carbons (Fsp3) is 0.481. The maximum Gasteiger partial charge on any atom is 0.303 e. The number of rotatable bonds is 9. The largest absolute Gasteiger partial charge is 0.481 e. The van der Waals surface area contributed by atoms with Crippen LogP contribution in [0.3, 0.4) is 0 Å². The van der Waals surface area contributed by atoms with Gasteiger partial charge in [-0.1, -0.05) is 44.2 Å². The van der Waals surface area contributed by atoms with Crippen molar-refractivity contribution in [2.24, 2.45) is 0 Å². The lowest BCUT2D eigenvalue weighted by atomic mass is 10.0. The molecule has 0 bridgehead atoms. The summed E-state index contributed by atoms with van der Waals surface area (Å²) in [4.78, 5) is 18.0. The summed E-state index contributed by atoms with van der Waals surface area (Å²) < 4.78 is 20.7. The molecular formula is C27H39F2NO2S2. The smallest absolute Gasteiger partial charge is 0.303 e. The lowest BCUT2D eigenvalue weighted by Crippen LogP contribution is -1.99. The molecule has 7 heteroatoms. The van der Waals surface area contributed by atoms with E-state index in [4.69, 9.17) is 5.11 Å². The second-order valence-electron chi connectivity index (χ2n) is 7.85. The second-order valence-corrected chi connectivity index (χ2v) is 10.3. The maximum atomic E-state index is 10.7. The highest BCUT2D eigenvalue weighted by Crippen LogP contribution is 2.28. The average molecular weight is 512 g/mol. The molecule has 1 aromatic carbocycles. The molecule has 0 aliphatic rings. The van der Waals surface area contributed by atoms with Gasteiger partial charge in [-0.25, -0.2) is 13.8 Å². The number of allylic oxidation sites excluding steroid dienone is 4. The van der Waals surface area contributed by atoms with E-state index in [9.17, 15) is 13.6 Å². The number of benzene rings is 1. The number of carboxylic acid groups (broad SMARTS) is 1. The summed E-state index contributed by atoms with van der Waals surface area (Å²) in [6, 6.07) is 6.34. The van der Waals surface area contributed by atoms with E-state index in [0.29, 0.717) is 12.3 Å². The molecule has 190 valence electrons. The highest BCUT2D eigenvalue weighted by atomic mass is 32.2. The molecule has 2 aromatic rings. The van der Waals surface area contributed by atoms with Crippen LogP contribution in [0.25, 0.3) is 0 Å². The Morgan fingerprint density at radius 2 is 1.71 bits per heavy atom. The normalized spacial score (nSPS) is 11.0. The molecule has 0 atom stereocenters. The Labute approximate surface area is 212 Å². The highest BCUT2D eigenvalue weighted by Gasteiger charge is 2.12. The van der Waals surface area contributed by atoms with Crippen molar-refractivity contribution >= 4 is 29.1 Å². The summed E-state index contributed by atoms with van der Waals surface area (Å²) >= 11 is 3.67. The van der Waals surface area contributed by atoms with E-state index in [2.05, 4.69) is 50.9 Å². The quantitative estimate of drug-likeness (QED) is 0.270. The van der Waals surface area contributed by atoms with Gasteiger partial charge in [-0.05, 0) is 76.6 Å². The van der Waals surface area contributed by atoms with Crippen molar-refractivity contribution in [1.29, 1.82) is 0 Å². The highest BCUT2D eigenvalue weighted by molar-refractivity contribution is 7.99. The number of aryl methyl sites for hydroxylation is 4. The van der Waals surface area contributed by atoms with Gasteiger partial charge in [0.1, 0.15) is 0 Å². The van der Waals surface area contributed by atoms with Crippen molar-refractivity contribution in [3.63, 3.8) is 0 Å². The Kier molecular flexibility index (Phi) is 17.3. The predicted octanol–water partition coefficient (Wildman–Crippen LogP) is 8.65. The van der Waals surface area contributed by atoms with Gasteiger partial charge in [0.2, 0.25) is 6.43 Å². The molecule has 0 aliphatic carbocycles. The number of carboxylic acids is 1. The molecule has 34 heavy (non-hydrogen) atoms. The van der Waals surface area contributed by atoms with Crippen LogP contribution in [0.15, 0.2) is 47.4 Å². The van der Waals surface area contributed by atoms with Crippen LogP contribution in [-0.4, -0.2) is 28.2 Å². The number of aliphatic carboxylic acids is 1. The van der Waals surface area contributed by atoms with Gasteiger partial charge in [0.15, 0.2) is 0 Å². The van der Waals surface area contributed by atoms with Crippen LogP contribution in [0, 0.1) is 13.8 Å². The SMILES string of the molecule is C/C=C\C=C/C.CC(F)F.Cc1nc(C(C)C)c(CCSc2ccc(CCC(=O)O)c(C)c2)s1. The maximum absolute atomic E-state index is 10.7. The van der Waals surface area contributed by atoms with Crippen LogP contribution >= 0.6 is 23.1 Å². The fourth-order valence-electron chi connectivity index (χ4n) is 2.88. The van der Waals surface area contributed by atoms with E-state index >= 15 is 0 Å². The molecule has 0 saturated heterocycles. The Morgan fingerprint density at radius 3 is 2.18 bits per heavy atom. The molecule has 1 N–H and O–H groups in total. The molecule has 2 rings (SSSR count). The number of thiazole rings is 1. The molecule has 0 radical (unpaired) electrons. The van der Waals surface area contributed by atoms with Crippen molar-refractivity contribution in [3.8, 4) is 0 Å². The van der Waals surface area contributed by atoms with Gasteiger partial charge in [0.25, 0.3) is 0 Å². The van der Waals surface area contributed by atoms with Crippen LogP contribution in [0.5, 0.6) is 0 Å². The molecule has 1 heterocycles. The molecule has 0 unspecified atom stereocenters. The summed E-state index contributed by atoms with van der Waals surface area (Å²) in [5.74, 6) is 0.772. The Bertz CT molecular complexity index is 893. The third-order valence-electron chi connectivity index (χ3n) is 4.40. The number of hydrogen-bond acceptors (Lipinski definition) is 4. The summed E-state index contributed by atoms with van der Waals surface area (Å²) in [6.07, 6.45) is 7.67. The second kappa shape index (κ2) is 18.4. The average Bonchev–Trinajstić information content (AvgIpc) is 3.12. The van der Waals surface area contributed by atoms with Crippen molar-refractivity contribution in [3.05, 3.63) is 69.2 Å². The summed E-state index contributed by atoms with van der Waals surface area (Å²) in [5, 5.41) is 9.95. The van der Waals surface area contributed by atoms with E-state index in [1.165, 1.54) is 21.0 Å². The molecular weight excluding hydrogens is 472 g/mol. The van der Waals surface area contributed by atoms with E-state index < -0.39 is 12.4 Å². The van der Waals surface area contributed by atoms with Gasteiger partial charge < -0.3 is 5.11 Å². The van der Waals surface area contributed by atoms with Gasteiger partial charge >= 0.3 is 5.97 Å². The Morgan fingerprint density at radius 1 is 1.12 bits per heavy atom. The van der Waals surface area contributed by atoms with Crippen LogP contribution in [0.1, 0.15) is 73.7 Å². The van der Waals surface area contributed by atoms with Crippen molar-refractivity contribution in [1.82, 2.24) is 4.98 Å². The summed E-state index contributed by atoms with van der Waals surface area (Å²) in [5.41, 5.74) is 3.55. The van der Waals surface area contributed by atoms with Gasteiger partial charge in [0.05, 0.1) is 10.7 Å². The molecule has 0 saturated carbocycles. The first-order valence-electron chi connectivity index (χ1n) is 11.4. The first-order valence-corrected chi connectivity index (χ1v) is 13.2. The molecule has 0 fully saturated rings. The summed E-state index contributed by atoms with van der Waals surface area (Å²) in [6.45, 7) is 13.4. The first kappa shape index (κ1) is 32.0. The number of carbonyl (C=O) groups is 1. The Hall–Kier alpha value is -1.99. The summed E-state index contributed by atoms with van der Waals surface area (Å²) in [7, 11) is 0. The molecule has 0 spiro atoms. The minimum Gasteiger partial charge on any atom is -0.481 e. The van der Waals surface area contributed by atoms with Gasteiger partial charge in [-0.3, -0.25) is 4.79 Å². The lowest BCUT2D eigenvalue weighted by molar-refractivity contribution is -0.136. The molecule has 0 aliphatic heterocycles. The fourth-order valence-corrected chi connectivity index (χ4v) is 5.07. The van der Waals surface area contributed by atoms with Gasteiger partial charge in [0, 0.05) is 21.9 Å². The van der Waals surface area contributed by atoms with Crippen LogP contribution < -0.4 is 0 Å². The molecule has 3 nitrogen and oxygen atoms in total. The zero-order valence-electron chi connectivity index (χ0n) is 21.4. The minimum atomic E-state index is -2.17. The number of alkyl halides is 2. The van der Waals surface area contributed by atoms with Crippen LogP contribution in [-0.2, 0) is 17.6 Å². The monoisotopic (exact) mass is 511 g/mol. The standard InChI is InChI=1S/C19H25NO2S2.C6H10.C2H4F2/c1-12(2)19-17(24-14(4)20-19)9-10-23-16-7-5-15(13(3)11-16)6-8-18(21)22;1-3-5-6-4-2;1-2(3)4/h5,7,11-12H,6,8-10H2,1-4H3,(H,21,22);3-6H,1-2H3;2H,1H3/b;5-3-,6-4-;. The molecule has 0 amide bonds. The van der Waals surface area contributed by atoms with Crippen molar-refractivity contribution in [2.75, 3.05) is 5.75 Å². The number of thioether (sulfide) groups is 1. The van der Waals surface area contributed by atoms with E-state index in [-0.39, 0.29) is 6.42 Å². The van der Waals surface area contributed by atoms with E-state index in [1.54, 1.807) is 0 Å². The van der Waals surface area contributed by atoms with Gasteiger partial charge in [-0.15, -0.1) is 23.1 Å². The zero-order valence-corrected chi connectivity index (χ0v) is 23.0. The van der Waals surface area contributed by atoms with Gasteiger partial charge in [-0.2, -0.15) is 0 Å². The van der Waals surface area contributed by atoms with Crippen LogP contribution in [0.2, 0.25) is 0 Å². The third kappa shape index (κ3) is 15.0. The Balaban J connectivity index is 0.000000917. The predicted molar refractivity (Wildman–Crippen MR) is 144 cm³/mol. The van der Waals surface area contributed by atoms with E-state index in [0.717, 1.165) is 29.7 Å². The van der Waals surface area contributed by atoms with Crippen molar-refractivity contribution in [2.45, 2.75) is 85.0 Å². The number of halogens is 2. The number of aromatic nitrogens is 1. The van der Waals surface area contributed by atoms with Crippen LogP contribution in [0.4, 0.5) is 8.78 Å². The molecule has 1 aromatic heterocycles. The first-order chi connectivity index (χ1) is 16.0. The third-order valence-corrected chi connectivity index (χ3v) is 6.44. The zero-order chi connectivity index (χ0) is 26.1. The number of nitrogens with zero attached hydrogens (tertiary/aromatic N) is 1. The lowest BCUT2D eigenvalue weighted by Gasteiger charge is -2.08. The van der Waals surface area contributed by atoms with E-state index in [1.807, 2.05) is 61.3 Å². The number of hydrogen-bond donors (Lipinski definition) is 1. The topological polar surface area (TPSA) is 50.2 Å². The van der Waals surface area contributed by atoms with Crippen molar-refractivity contribution < 1.29 is 18.7 Å².